The van der Waals surface area contributed by atoms with Crippen molar-refractivity contribution in [1.82, 2.24) is 4.90 Å². The summed E-state index contributed by atoms with van der Waals surface area (Å²) in [5.74, 6) is -0.000112. The number of halogens is 2. The first-order valence-electron chi connectivity index (χ1n) is 12.1. The predicted octanol–water partition coefficient (Wildman–Crippen LogP) is 5.06. The smallest absolute Gasteiger partial charge is 0.387 e. The standard InChI is InChI=1S/C28H26F2N2O4/c29-28(30)36-24-4-2-1-3-22(24)26-25-23-17-19(7-10-21(23)27(33)32(25)13-16-35-26)18-5-8-20(9-6-18)31-11-14-34-15-12-31/h1-10,17,25-26,28H,11-16H2/t25-,26-/m0/s1. The molecule has 6 nitrogen and oxygen atoms in total. The highest BCUT2D eigenvalue weighted by Crippen LogP contribution is 2.48. The summed E-state index contributed by atoms with van der Waals surface area (Å²) in [4.78, 5) is 17.3. The van der Waals surface area contributed by atoms with Crippen LogP contribution in [0.3, 0.4) is 0 Å². The van der Waals surface area contributed by atoms with Gasteiger partial charge in [-0.2, -0.15) is 8.78 Å². The third-order valence-electron chi connectivity index (χ3n) is 7.13. The van der Waals surface area contributed by atoms with Crippen molar-refractivity contribution in [2.75, 3.05) is 44.4 Å². The Balaban J connectivity index is 1.35. The highest BCUT2D eigenvalue weighted by Gasteiger charge is 2.45. The Bertz CT molecular complexity index is 1260. The van der Waals surface area contributed by atoms with Crippen LogP contribution in [0.5, 0.6) is 5.75 Å². The zero-order valence-corrected chi connectivity index (χ0v) is 19.6. The molecule has 8 heteroatoms. The van der Waals surface area contributed by atoms with Crippen LogP contribution in [-0.2, 0) is 9.47 Å². The number of rotatable bonds is 5. The molecule has 0 aromatic heterocycles. The second-order valence-corrected chi connectivity index (χ2v) is 9.10. The summed E-state index contributed by atoms with van der Waals surface area (Å²) >= 11 is 0. The van der Waals surface area contributed by atoms with Crippen molar-refractivity contribution in [3.63, 3.8) is 0 Å². The molecule has 6 rings (SSSR count). The maximum Gasteiger partial charge on any atom is 0.387 e. The fourth-order valence-corrected chi connectivity index (χ4v) is 5.43. The number of fused-ring (bicyclic) bond motifs is 3. The summed E-state index contributed by atoms with van der Waals surface area (Å²) in [6.45, 7) is 1.01. The number of ether oxygens (including phenoxy) is 3. The maximum absolute atomic E-state index is 13.2. The molecule has 186 valence electrons. The highest BCUT2D eigenvalue weighted by atomic mass is 19.3. The number of alkyl halides is 2. The Labute approximate surface area is 208 Å². The molecule has 3 aliphatic rings. The summed E-state index contributed by atoms with van der Waals surface area (Å²) in [5, 5.41) is 0. The van der Waals surface area contributed by atoms with E-state index in [0.717, 1.165) is 48.7 Å². The van der Waals surface area contributed by atoms with Gasteiger partial charge < -0.3 is 24.0 Å². The second kappa shape index (κ2) is 9.52. The van der Waals surface area contributed by atoms with E-state index in [1.807, 2.05) is 18.2 Å². The number of morpholine rings is 2. The van der Waals surface area contributed by atoms with E-state index in [2.05, 4.69) is 29.2 Å². The van der Waals surface area contributed by atoms with E-state index in [-0.39, 0.29) is 11.7 Å². The monoisotopic (exact) mass is 492 g/mol. The molecule has 36 heavy (non-hydrogen) atoms. The van der Waals surface area contributed by atoms with Crippen LogP contribution in [0.15, 0.2) is 66.7 Å². The van der Waals surface area contributed by atoms with Gasteiger partial charge in [0.1, 0.15) is 11.9 Å². The number of nitrogens with zero attached hydrogens (tertiary/aromatic N) is 2. The highest BCUT2D eigenvalue weighted by molar-refractivity contribution is 6.00. The van der Waals surface area contributed by atoms with Crippen LogP contribution in [-0.4, -0.2) is 56.9 Å². The zero-order valence-electron chi connectivity index (χ0n) is 19.6. The van der Waals surface area contributed by atoms with Crippen molar-refractivity contribution in [3.05, 3.63) is 83.4 Å². The van der Waals surface area contributed by atoms with Crippen molar-refractivity contribution < 1.29 is 27.8 Å². The molecule has 1 amide bonds. The molecule has 0 N–H and O–H groups in total. The lowest BCUT2D eigenvalue weighted by Gasteiger charge is -2.37. The van der Waals surface area contributed by atoms with E-state index in [9.17, 15) is 13.6 Å². The first kappa shape index (κ1) is 22.9. The lowest BCUT2D eigenvalue weighted by Crippen LogP contribution is -2.40. The van der Waals surface area contributed by atoms with E-state index < -0.39 is 18.8 Å². The minimum atomic E-state index is -2.95. The van der Waals surface area contributed by atoms with Gasteiger partial charge in [0.2, 0.25) is 0 Å². The number of amides is 1. The number of hydrogen-bond donors (Lipinski definition) is 0. The van der Waals surface area contributed by atoms with E-state index in [1.54, 1.807) is 23.1 Å². The third kappa shape index (κ3) is 4.10. The molecule has 0 bridgehead atoms. The van der Waals surface area contributed by atoms with Crippen LogP contribution in [0.2, 0.25) is 0 Å². The number of hydrogen-bond acceptors (Lipinski definition) is 5. The summed E-state index contributed by atoms with van der Waals surface area (Å²) < 4.78 is 42.5. The van der Waals surface area contributed by atoms with E-state index in [4.69, 9.17) is 14.2 Å². The van der Waals surface area contributed by atoms with Crippen molar-refractivity contribution in [1.29, 1.82) is 0 Å². The SMILES string of the molecule is O=C1c2ccc(-c3ccc(N4CCOCC4)cc3)cc2[C@H]2[C@H](c3ccccc3OC(F)F)OCCN12. The lowest BCUT2D eigenvalue weighted by molar-refractivity contribution is -0.0690. The molecule has 3 heterocycles. The van der Waals surface area contributed by atoms with Gasteiger partial charge in [-0.05, 0) is 47.0 Å². The second-order valence-electron chi connectivity index (χ2n) is 9.10. The Morgan fingerprint density at radius 3 is 2.39 bits per heavy atom. The molecule has 2 saturated heterocycles. The van der Waals surface area contributed by atoms with E-state index >= 15 is 0 Å². The average molecular weight is 493 g/mol. The van der Waals surface area contributed by atoms with Crippen molar-refractivity contribution >= 4 is 11.6 Å². The normalized spacial score (nSPS) is 21.5. The minimum Gasteiger partial charge on any atom is -0.434 e. The Hall–Kier alpha value is -3.49. The van der Waals surface area contributed by atoms with Gasteiger partial charge in [0.15, 0.2) is 0 Å². The number of carbonyl (C=O) groups is 1. The van der Waals surface area contributed by atoms with Crippen LogP contribution in [0, 0.1) is 0 Å². The number of anilines is 1. The average Bonchev–Trinajstić information content (AvgIpc) is 3.21. The lowest BCUT2D eigenvalue weighted by atomic mass is 9.91. The first-order valence-corrected chi connectivity index (χ1v) is 12.1. The van der Waals surface area contributed by atoms with Gasteiger partial charge >= 0.3 is 6.61 Å². The van der Waals surface area contributed by atoms with Crippen LogP contribution < -0.4 is 9.64 Å². The topological polar surface area (TPSA) is 51.2 Å². The van der Waals surface area contributed by atoms with Gasteiger partial charge in [0.05, 0.1) is 25.9 Å². The van der Waals surface area contributed by atoms with Crippen LogP contribution >= 0.6 is 0 Å². The first-order chi connectivity index (χ1) is 17.6. The van der Waals surface area contributed by atoms with Gasteiger partial charge in [0.25, 0.3) is 5.91 Å². The summed E-state index contributed by atoms with van der Waals surface area (Å²) in [6.07, 6.45) is -0.613. The predicted molar refractivity (Wildman–Crippen MR) is 130 cm³/mol. The summed E-state index contributed by atoms with van der Waals surface area (Å²) in [7, 11) is 0. The van der Waals surface area contributed by atoms with Crippen molar-refractivity contribution in [3.8, 4) is 16.9 Å². The quantitative estimate of drug-likeness (QED) is 0.499. The van der Waals surface area contributed by atoms with Crippen molar-refractivity contribution in [2.45, 2.75) is 18.8 Å². The van der Waals surface area contributed by atoms with Crippen LogP contribution in [0.25, 0.3) is 11.1 Å². The molecule has 3 aromatic carbocycles. The van der Waals surface area contributed by atoms with Gasteiger partial charge in [-0.15, -0.1) is 0 Å². The minimum absolute atomic E-state index is 0.0649. The van der Waals surface area contributed by atoms with E-state index in [0.29, 0.717) is 24.3 Å². The molecule has 0 spiro atoms. The largest absolute Gasteiger partial charge is 0.434 e. The van der Waals surface area contributed by atoms with Gasteiger partial charge in [0, 0.05) is 36.4 Å². The number of para-hydroxylation sites is 1. The van der Waals surface area contributed by atoms with Gasteiger partial charge in [-0.1, -0.05) is 36.4 Å². The summed E-state index contributed by atoms with van der Waals surface area (Å²) in [5.41, 5.74) is 5.14. The molecular formula is C28H26F2N2O4. The van der Waals surface area contributed by atoms with E-state index in [1.165, 1.54) is 6.07 Å². The zero-order chi connectivity index (χ0) is 24.6. The van der Waals surface area contributed by atoms with Gasteiger partial charge in [-0.3, -0.25) is 4.79 Å². The summed E-state index contributed by atoms with van der Waals surface area (Å²) in [6, 6.07) is 20.5. The molecule has 2 atom stereocenters. The van der Waals surface area contributed by atoms with Crippen LogP contribution in [0.1, 0.15) is 33.6 Å². The molecule has 0 radical (unpaired) electrons. The Kier molecular flexibility index (Phi) is 6.07. The molecule has 0 saturated carbocycles. The van der Waals surface area contributed by atoms with Gasteiger partial charge in [-0.25, -0.2) is 0 Å². The molecule has 3 aromatic rings. The Morgan fingerprint density at radius 2 is 1.61 bits per heavy atom. The molecule has 2 fully saturated rings. The fraction of sp³-hybridized carbons (Fsp3) is 0.321. The maximum atomic E-state index is 13.2. The molecular weight excluding hydrogens is 466 g/mol. The molecule has 0 aliphatic carbocycles. The van der Waals surface area contributed by atoms with Crippen LogP contribution in [0.4, 0.5) is 14.5 Å². The third-order valence-corrected chi connectivity index (χ3v) is 7.13. The fourth-order valence-electron chi connectivity index (χ4n) is 5.43. The van der Waals surface area contributed by atoms with Crippen molar-refractivity contribution in [2.24, 2.45) is 0 Å². The number of carbonyl (C=O) groups excluding carboxylic acids is 1. The Morgan fingerprint density at radius 1 is 0.861 bits per heavy atom. The number of benzene rings is 3. The molecule has 3 aliphatic heterocycles. The molecule has 0 unspecified atom stereocenters.